The largest absolute Gasteiger partial charge is 0.339 e. The summed E-state index contributed by atoms with van der Waals surface area (Å²) < 4.78 is 0. The van der Waals surface area contributed by atoms with Crippen molar-refractivity contribution in [3.8, 4) is 0 Å². The molecule has 0 N–H and O–H groups in total. The third-order valence-electron chi connectivity index (χ3n) is 3.20. The normalized spacial score (nSPS) is 13.9. The van der Waals surface area contributed by atoms with Crippen LogP contribution in [-0.2, 0) is 31.3 Å². The van der Waals surface area contributed by atoms with Crippen molar-refractivity contribution in [1.29, 1.82) is 0 Å². The Kier molecular flexibility index (Phi) is 4.48. The summed E-state index contributed by atoms with van der Waals surface area (Å²) in [5, 5.41) is 0. The first-order valence-electron chi connectivity index (χ1n) is 6.16. The number of aliphatic imine (C=N–C) groups is 1. The maximum atomic E-state index is 12.2. The fraction of sp³-hybridized carbons (Fsp3) is 0.125. The molecule has 0 aromatic heterocycles. The monoisotopic (exact) mass is 442 g/mol. The van der Waals surface area contributed by atoms with Gasteiger partial charge < -0.3 is 4.90 Å². The first-order valence-corrected chi connectivity index (χ1v) is 6.16. The van der Waals surface area contributed by atoms with E-state index in [1.165, 1.54) is 0 Å². The van der Waals surface area contributed by atoms with Crippen LogP contribution in [0.5, 0.6) is 0 Å². The molecule has 0 saturated carbocycles. The Hall–Kier alpha value is -1.77. The minimum absolute atomic E-state index is 0. The van der Waals surface area contributed by atoms with Crippen molar-refractivity contribution in [2.24, 2.45) is 4.99 Å². The van der Waals surface area contributed by atoms with Gasteiger partial charge in [0, 0.05) is 27.2 Å². The molecule has 0 fully saturated rings. The molecule has 1 aliphatic rings. The molecule has 0 saturated heterocycles. The van der Waals surface area contributed by atoms with Gasteiger partial charge in [-0.25, -0.2) is 0 Å². The second-order valence-electron chi connectivity index (χ2n) is 4.47. The maximum absolute atomic E-state index is 12.2. The van der Waals surface area contributed by atoms with Crippen LogP contribution in [0.3, 0.4) is 0 Å². The van der Waals surface area contributed by atoms with E-state index < -0.39 is 0 Å². The Morgan fingerprint density at radius 2 is 1.90 bits per heavy atom. The number of fused-ring (bicyclic) bond motifs is 1. The quantitative estimate of drug-likeness (QED) is 0.627. The van der Waals surface area contributed by atoms with Crippen molar-refractivity contribution in [3.05, 3.63) is 65.7 Å². The van der Waals surface area contributed by atoms with Crippen molar-refractivity contribution < 1.29 is 24.9 Å². The van der Waals surface area contributed by atoms with Gasteiger partial charge in [0.05, 0.1) is 17.9 Å². The zero-order chi connectivity index (χ0) is 13.2. The van der Waals surface area contributed by atoms with Crippen molar-refractivity contribution in [2.45, 2.75) is 6.42 Å². The van der Waals surface area contributed by atoms with Gasteiger partial charge in [-0.1, -0.05) is 18.2 Å². The van der Waals surface area contributed by atoms with E-state index in [1.807, 2.05) is 48.5 Å². The molecular formula is C16H13IrN2O-. The number of carbonyl (C=O) groups excluding carboxylic acids is 1. The predicted octanol–water partition coefficient (Wildman–Crippen LogP) is 2.58. The molecule has 0 unspecified atom stereocenters. The number of nitrogens with zero attached hydrogens (tertiary/aromatic N) is 2. The maximum Gasteiger partial charge on any atom is 0.224 e. The number of benzene rings is 2. The van der Waals surface area contributed by atoms with E-state index in [4.69, 9.17) is 0 Å². The molecular weight excluding hydrogens is 428 g/mol. The summed E-state index contributed by atoms with van der Waals surface area (Å²) in [6.07, 6.45) is 0.381. The topological polar surface area (TPSA) is 32.7 Å². The smallest absolute Gasteiger partial charge is 0.224 e. The van der Waals surface area contributed by atoms with Gasteiger partial charge in [-0.15, -0.1) is 35.9 Å². The van der Waals surface area contributed by atoms with Crippen LogP contribution in [0, 0.1) is 6.07 Å². The standard InChI is InChI=1S/C16H13N2O.Ir/c1-18-15(19)11-13-9-5-6-10-14(13)17-16(18)12-7-3-2-4-8-12;/h2-7,9-10H,11H2,1H3;/q-1;. The molecule has 1 radical (unpaired) electrons. The molecule has 4 heteroatoms. The van der Waals surface area contributed by atoms with Gasteiger partial charge in [0.2, 0.25) is 5.91 Å². The Bertz CT molecular complexity index is 653. The first-order chi connectivity index (χ1) is 9.25. The summed E-state index contributed by atoms with van der Waals surface area (Å²) >= 11 is 0. The molecule has 3 nitrogen and oxygen atoms in total. The zero-order valence-corrected chi connectivity index (χ0v) is 13.4. The third kappa shape index (κ3) is 2.72. The van der Waals surface area contributed by atoms with Crippen molar-refractivity contribution in [2.75, 3.05) is 7.05 Å². The average molecular weight is 442 g/mol. The Labute approximate surface area is 131 Å². The molecule has 103 valence electrons. The summed E-state index contributed by atoms with van der Waals surface area (Å²) in [6.45, 7) is 0. The van der Waals surface area contributed by atoms with Gasteiger partial charge in [0.1, 0.15) is 0 Å². The van der Waals surface area contributed by atoms with Crippen molar-refractivity contribution >= 4 is 17.4 Å². The molecule has 2 aromatic carbocycles. The minimum atomic E-state index is 0. The number of rotatable bonds is 1. The Balaban J connectivity index is 0.00000147. The van der Waals surface area contributed by atoms with Gasteiger partial charge in [0.15, 0.2) is 0 Å². The van der Waals surface area contributed by atoms with Crippen LogP contribution in [0.2, 0.25) is 0 Å². The van der Waals surface area contributed by atoms with Crippen LogP contribution in [0.4, 0.5) is 5.69 Å². The van der Waals surface area contributed by atoms with E-state index in [-0.39, 0.29) is 26.0 Å². The Morgan fingerprint density at radius 3 is 2.65 bits per heavy atom. The van der Waals surface area contributed by atoms with Crippen molar-refractivity contribution in [1.82, 2.24) is 4.90 Å². The number of hydrogen-bond donors (Lipinski definition) is 0. The number of likely N-dealkylation sites (N-methyl/N-ethyl adjacent to an activating group) is 1. The van der Waals surface area contributed by atoms with Crippen LogP contribution in [-0.4, -0.2) is 23.7 Å². The molecule has 1 heterocycles. The van der Waals surface area contributed by atoms with Crippen LogP contribution in [0.15, 0.2) is 53.5 Å². The molecule has 0 aliphatic carbocycles. The first kappa shape index (κ1) is 14.6. The molecule has 0 spiro atoms. The van der Waals surface area contributed by atoms with Gasteiger partial charge in [-0.2, -0.15) is 0 Å². The van der Waals surface area contributed by atoms with Gasteiger partial charge >= 0.3 is 0 Å². The second kappa shape index (κ2) is 6.12. The van der Waals surface area contributed by atoms with Crippen LogP contribution < -0.4 is 0 Å². The Morgan fingerprint density at radius 1 is 1.15 bits per heavy atom. The van der Waals surface area contributed by atoms with E-state index in [1.54, 1.807) is 11.9 Å². The average Bonchev–Trinajstić information content (AvgIpc) is 2.58. The molecule has 2 aromatic rings. The number of amidine groups is 1. The van der Waals surface area contributed by atoms with E-state index in [0.717, 1.165) is 16.8 Å². The molecule has 20 heavy (non-hydrogen) atoms. The summed E-state index contributed by atoms with van der Waals surface area (Å²) in [6, 6.07) is 18.4. The van der Waals surface area contributed by atoms with E-state index in [0.29, 0.717) is 12.3 Å². The number of hydrogen-bond acceptors (Lipinski definition) is 2. The third-order valence-corrected chi connectivity index (χ3v) is 3.20. The zero-order valence-electron chi connectivity index (χ0n) is 11.0. The molecule has 3 rings (SSSR count). The van der Waals surface area contributed by atoms with E-state index >= 15 is 0 Å². The molecule has 0 atom stereocenters. The van der Waals surface area contributed by atoms with Crippen LogP contribution >= 0.6 is 0 Å². The van der Waals surface area contributed by atoms with Crippen molar-refractivity contribution in [3.63, 3.8) is 0 Å². The van der Waals surface area contributed by atoms with Gasteiger partial charge in [-0.05, 0) is 11.6 Å². The summed E-state index contributed by atoms with van der Waals surface area (Å²) in [5.74, 6) is 0.691. The summed E-state index contributed by atoms with van der Waals surface area (Å²) in [5.41, 5.74) is 2.65. The number of carbonyl (C=O) groups is 1. The minimum Gasteiger partial charge on any atom is -0.339 e. The summed E-state index contributed by atoms with van der Waals surface area (Å²) in [4.78, 5) is 18.4. The van der Waals surface area contributed by atoms with Crippen LogP contribution in [0.1, 0.15) is 11.1 Å². The summed E-state index contributed by atoms with van der Waals surface area (Å²) in [7, 11) is 1.76. The fourth-order valence-electron chi connectivity index (χ4n) is 2.13. The van der Waals surface area contributed by atoms with Crippen LogP contribution in [0.25, 0.3) is 0 Å². The molecule has 1 aliphatic heterocycles. The van der Waals surface area contributed by atoms with E-state index in [2.05, 4.69) is 11.1 Å². The fourth-order valence-corrected chi connectivity index (χ4v) is 2.13. The predicted molar refractivity (Wildman–Crippen MR) is 74.4 cm³/mol. The second-order valence-corrected chi connectivity index (χ2v) is 4.47. The van der Waals surface area contributed by atoms with Gasteiger partial charge in [-0.3, -0.25) is 9.79 Å². The SMILES string of the molecule is CN1C(=O)Cc2ccccc2N=C1c1[c-]cccc1.[Ir]. The van der Waals surface area contributed by atoms with E-state index in [9.17, 15) is 4.79 Å². The van der Waals surface area contributed by atoms with Gasteiger partial charge in [0.25, 0.3) is 0 Å². The molecule has 1 amide bonds. The number of para-hydroxylation sites is 1. The number of amides is 1. The molecule has 0 bridgehead atoms.